The highest BCUT2D eigenvalue weighted by molar-refractivity contribution is 5.54. The SMILES string of the molecule is COc1ccnc(Nc2ccc(OCCN)cc2)n1. The Morgan fingerprint density at radius 3 is 2.68 bits per heavy atom. The van der Waals surface area contributed by atoms with Crippen molar-refractivity contribution in [3.8, 4) is 11.6 Å². The molecule has 0 bridgehead atoms. The molecule has 0 saturated heterocycles. The van der Waals surface area contributed by atoms with E-state index >= 15 is 0 Å². The Balaban J connectivity index is 2.02. The van der Waals surface area contributed by atoms with Crippen molar-refractivity contribution in [1.82, 2.24) is 9.97 Å². The van der Waals surface area contributed by atoms with Crippen LogP contribution in [0.5, 0.6) is 11.6 Å². The first kappa shape index (κ1) is 13.1. The molecular weight excluding hydrogens is 244 g/mol. The zero-order chi connectivity index (χ0) is 13.5. The van der Waals surface area contributed by atoms with Gasteiger partial charge in [0.25, 0.3) is 0 Å². The van der Waals surface area contributed by atoms with Gasteiger partial charge >= 0.3 is 0 Å². The highest BCUT2D eigenvalue weighted by Gasteiger charge is 2.00. The maximum atomic E-state index is 5.39. The molecule has 0 unspecified atom stereocenters. The van der Waals surface area contributed by atoms with Gasteiger partial charge in [0.2, 0.25) is 11.8 Å². The van der Waals surface area contributed by atoms with Crippen LogP contribution in [-0.4, -0.2) is 30.2 Å². The number of ether oxygens (including phenoxy) is 2. The summed E-state index contributed by atoms with van der Waals surface area (Å²) < 4.78 is 10.4. The van der Waals surface area contributed by atoms with E-state index in [1.165, 1.54) is 0 Å². The van der Waals surface area contributed by atoms with E-state index in [0.29, 0.717) is 25.0 Å². The van der Waals surface area contributed by atoms with Crippen molar-refractivity contribution in [3.05, 3.63) is 36.5 Å². The Morgan fingerprint density at radius 2 is 2.00 bits per heavy atom. The molecule has 0 radical (unpaired) electrons. The molecule has 3 N–H and O–H groups in total. The first-order valence-electron chi connectivity index (χ1n) is 5.89. The zero-order valence-corrected chi connectivity index (χ0v) is 10.7. The van der Waals surface area contributed by atoms with Crippen LogP contribution in [0.25, 0.3) is 0 Å². The maximum absolute atomic E-state index is 5.39. The Morgan fingerprint density at radius 1 is 1.21 bits per heavy atom. The first-order valence-corrected chi connectivity index (χ1v) is 5.89. The van der Waals surface area contributed by atoms with Gasteiger partial charge in [-0.15, -0.1) is 0 Å². The van der Waals surface area contributed by atoms with E-state index in [9.17, 15) is 0 Å². The van der Waals surface area contributed by atoms with Crippen molar-refractivity contribution >= 4 is 11.6 Å². The first-order chi connectivity index (χ1) is 9.31. The fraction of sp³-hybridized carbons (Fsp3) is 0.231. The molecule has 0 saturated carbocycles. The summed E-state index contributed by atoms with van der Waals surface area (Å²) in [7, 11) is 1.57. The fourth-order valence-electron chi connectivity index (χ4n) is 1.46. The van der Waals surface area contributed by atoms with E-state index < -0.39 is 0 Å². The van der Waals surface area contributed by atoms with Crippen molar-refractivity contribution in [2.75, 3.05) is 25.6 Å². The summed E-state index contributed by atoms with van der Waals surface area (Å²) in [5.74, 6) is 1.78. The number of methoxy groups -OCH3 is 1. The van der Waals surface area contributed by atoms with E-state index in [4.69, 9.17) is 15.2 Å². The van der Waals surface area contributed by atoms with Gasteiger partial charge in [-0.2, -0.15) is 4.98 Å². The lowest BCUT2D eigenvalue weighted by Gasteiger charge is -2.07. The van der Waals surface area contributed by atoms with Gasteiger partial charge in [0.05, 0.1) is 7.11 Å². The molecule has 1 aromatic heterocycles. The predicted octanol–water partition coefficient (Wildman–Crippen LogP) is 1.57. The molecule has 0 atom stereocenters. The Kier molecular flexibility index (Phi) is 4.52. The largest absolute Gasteiger partial charge is 0.492 e. The molecule has 100 valence electrons. The molecule has 0 aliphatic heterocycles. The maximum Gasteiger partial charge on any atom is 0.230 e. The molecule has 2 rings (SSSR count). The minimum absolute atomic E-state index is 0.481. The van der Waals surface area contributed by atoms with Gasteiger partial charge in [-0.3, -0.25) is 0 Å². The van der Waals surface area contributed by atoms with E-state index in [2.05, 4.69) is 15.3 Å². The van der Waals surface area contributed by atoms with E-state index in [1.807, 2.05) is 24.3 Å². The van der Waals surface area contributed by atoms with Crippen LogP contribution in [-0.2, 0) is 0 Å². The summed E-state index contributed by atoms with van der Waals surface area (Å²) in [6.45, 7) is 1.00. The summed E-state index contributed by atoms with van der Waals surface area (Å²) in [5, 5.41) is 3.08. The molecule has 0 fully saturated rings. The van der Waals surface area contributed by atoms with Crippen molar-refractivity contribution in [2.45, 2.75) is 0 Å². The predicted molar refractivity (Wildman–Crippen MR) is 72.9 cm³/mol. The fourth-order valence-corrected chi connectivity index (χ4v) is 1.46. The van der Waals surface area contributed by atoms with Crippen molar-refractivity contribution in [1.29, 1.82) is 0 Å². The lowest BCUT2D eigenvalue weighted by Crippen LogP contribution is -2.10. The normalized spacial score (nSPS) is 10.0. The van der Waals surface area contributed by atoms with E-state index in [-0.39, 0.29) is 0 Å². The van der Waals surface area contributed by atoms with Crippen molar-refractivity contribution in [2.24, 2.45) is 5.73 Å². The summed E-state index contributed by atoms with van der Waals surface area (Å²) in [6, 6.07) is 9.18. The Labute approximate surface area is 111 Å². The molecule has 0 aliphatic carbocycles. The number of hydrogen-bond donors (Lipinski definition) is 2. The molecule has 2 aromatic rings. The third-order valence-electron chi connectivity index (χ3n) is 2.34. The van der Waals surface area contributed by atoms with E-state index in [1.54, 1.807) is 19.4 Å². The van der Waals surface area contributed by atoms with Crippen LogP contribution in [0.1, 0.15) is 0 Å². The summed E-state index contributed by atoms with van der Waals surface area (Å²) in [4.78, 5) is 8.27. The molecule has 19 heavy (non-hydrogen) atoms. The third kappa shape index (κ3) is 3.82. The standard InChI is InChI=1S/C13H16N4O2/c1-18-12-6-8-15-13(17-12)16-10-2-4-11(5-3-10)19-9-7-14/h2-6,8H,7,9,14H2,1H3,(H,15,16,17). The number of hydrogen-bond acceptors (Lipinski definition) is 6. The number of benzene rings is 1. The van der Waals surface area contributed by atoms with Crippen LogP contribution >= 0.6 is 0 Å². The summed E-state index contributed by atoms with van der Waals surface area (Å²) in [6.07, 6.45) is 1.63. The van der Waals surface area contributed by atoms with Crippen LogP contribution < -0.4 is 20.5 Å². The molecule has 1 aromatic carbocycles. The van der Waals surface area contributed by atoms with Crippen molar-refractivity contribution in [3.63, 3.8) is 0 Å². The van der Waals surface area contributed by atoms with Crippen LogP contribution in [0.4, 0.5) is 11.6 Å². The number of nitrogens with zero attached hydrogens (tertiary/aromatic N) is 2. The second kappa shape index (κ2) is 6.55. The second-order valence-electron chi connectivity index (χ2n) is 3.71. The average Bonchev–Trinajstić information content (AvgIpc) is 2.47. The van der Waals surface area contributed by atoms with Gasteiger partial charge in [0, 0.05) is 24.5 Å². The number of rotatable bonds is 6. The number of nitrogens with one attached hydrogen (secondary N) is 1. The average molecular weight is 260 g/mol. The van der Waals surface area contributed by atoms with Gasteiger partial charge in [-0.05, 0) is 24.3 Å². The second-order valence-corrected chi connectivity index (χ2v) is 3.71. The molecular formula is C13H16N4O2. The molecule has 6 nitrogen and oxygen atoms in total. The molecule has 6 heteroatoms. The van der Waals surface area contributed by atoms with Gasteiger partial charge in [-0.25, -0.2) is 4.98 Å². The molecule has 1 heterocycles. The third-order valence-corrected chi connectivity index (χ3v) is 2.34. The topological polar surface area (TPSA) is 82.3 Å². The highest BCUT2D eigenvalue weighted by atomic mass is 16.5. The zero-order valence-electron chi connectivity index (χ0n) is 10.7. The van der Waals surface area contributed by atoms with Gasteiger partial charge in [-0.1, -0.05) is 0 Å². The minimum Gasteiger partial charge on any atom is -0.492 e. The van der Waals surface area contributed by atoms with Crippen LogP contribution in [0.15, 0.2) is 36.5 Å². The molecule has 0 aliphatic rings. The van der Waals surface area contributed by atoms with Gasteiger partial charge in [0.1, 0.15) is 12.4 Å². The number of nitrogens with two attached hydrogens (primary N) is 1. The van der Waals surface area contributed by atoms with Crippen LogP contribution in [0, 0.1) is 0 Å². The Bertz CT molecular complexity index is 516. The quantitative estimate of drug-likeness (QED) is 0.820. The smallest absolute Gasteiger partial charge is 0.230 e. The van der Waals surface area contributed by atoms with Crippen LogP contribution in [0.3, 0.4) is 0 Å². The molecule has 0 amide bonds. The lowest BCUT2D eigenvalue weighted by molar-refractivity contribution is 0.328. The van der Waals surface area contributed by atoms with Gasteiger partial charge in [0.15, 0.2) is 0 Å². The highest BCUT2D eigenvalue weighted by Crippen LogP contribution is 2.18. The Hall–Kier alpha value is -2.34. The summed E-state index contributed by atoms with van der Waals surface area (Å²) in [5.41, 5.74) is 6.24. The van der Waals surface area contributed by atoms with E-state index in [0.717, 1.165) is 11.4 Å². The van der Waals surface area contributed by atoms with Crippen molar-refractivity contribution < 1.29 is 9.47 Å². The number of aromatic nitrogens is 2. The lowest BCUT2D eigenvalue weighted by atomic mass is 10.3. The number of anilines is 2. The minimum atomic E-state index is 0.481. The van der Waals surface area contributed by atoms with Gasteiger partial charge < -0.3 is 20.5 Å². The van der Waals surface area contributed by atoms with Crippen LogP contribution in [0.2, 0.25) is 0 Å². The monoisotopic (exact) mass is 260 g/mol. The molecule has 0 spiro atoms. The summed E-state index contributed by atoms with van der Waals surface area (Å²) >= 11 is 0.